The third-order valence-corrected chi connectivity index (χ3v) is 4.88. The van der Waals surface area contributed by atoms with E-state index in [1.807, 2.05) is 4.90 Å². The van der Waals surface area contributed by atoms with E-state index in [4.69, 9.17) is 5.73 Å². The molecule has 20 heavy (non-hydrogen) atoms. The topological polar surface area (TPSA) is 62.5 Å². The molecule has 2 N–H and O–H groups in total. The number of anilines is 2. The zero-order valence-corrected chi connectivity index (χ0v) is 13.2. The third kappa shape index (κ3) is 3.23. The van der Waals surface area contributed by atoms with Gasteiger partial charge < -0.3 is 15.5 Å². The second-order valence-electron chi connectivity index (χ2n) is 5.09. The highest BCUT2D eigenvalue weighted by Crippen LogP contribution is 2.29. The summed E-state index contributed by atoms with van der Waals surface area (Å²) in [7, 11) is 0. The Morgan fingerprint density at radius 2 is 1.85 bits per heavy atom. The molecule has 0 atom stereocenters. The van der Waals surface area contributed by atoms with Crippen LogP contribution in [-0.2, 0) is 0 Å². The largest absolute Gasteiger partial charge is 0.382 e. The molecule has 1 aromatic rings. The van der Waals surface area contributed by atoms with Gasteiger partial charge in [-0.25, -0.2) is 4.98 Å². The van der Waals surface area contributed by atoms with Crippen molar-refractivity contribution >= 4 is 28.2 Å². The lowest BCUT2D eigenvalue weighted by atomic mass is 10.2. The van der Waals surface area contributed by atoms with Crippen molar-refractivity contribution in [3.63, 3.8) is 0 Å². The number of hydrogen-bond donors (Lipinski definition) is 1. The van der Waals surface area contributed by atoms with Crippen LogP contribution in [0.2, 0.25) is 0 Å². The fourth-order valence-electron chi connectivity index (χ4n) is 2.52. The van der Waals surface area contributed by atoms with Crippen LogP contribution in [0.5, 0.6) is 0 Å². The molecule has 1 saturated heterocycles. The molecule has 1 amide bonds. The van der Waals surface area contributed by atoms with Crippen LogP contribution in [0.3, 0.4) is 0 Å². The number of aromatic nitrogens is 1. The lowest BCUT2D eigenvalue weighted by Gasteiger charge is -2.19. The average Bonchev–Trinajstić information content (AvgIpc) is 2.68. The normalized spacial score (nSPS) is 16.0. The summed E-state index contributed by atoms with van der Waals surface area (Å²) in [5, 5.41) is 0.852. The third-order valence-electron chi connectivity index (χ3n) is 3.76. The summed E-state index contributed by atoms with van der Waals surface area (Å²) in [6.07, 6.45) is 4.61. The monoisotopic (exact) mass is 296 g/mol. The minimum Gasteiger partial charge on any atom is -0.382 e. The first-order chi connectivity index (χ1) is 9.67. The van der Waals surface area contributed by atoms with Crippen molar-refractivity contribution in [2.45, 2.75) is 39.5 Å². The summed E-state index contributed by atoms with van der Waals surface area (Å²) in [6, 6.07) is 0. The first kappa shape index (κ1) is 15.1. The number of nitrogens with two attached hydrogens (primary N) is 1. The van der Waals surface area contributed by atoms with Crippen LogP contribution < -0.4 is 10.6 Å². The van der Waals surface area contributed by atoms with Crippen molar-refractivity contribution in [1.82, 2.24) is 9.88 Å². The molecule has 1 aliphatic heterocycles. The number of rotatable bonds is 4. The van der Waals surface area contributed by atoms with Crippen LogP contribution in [0.15, 0.2) is 0 Å². The van der Waals surface area contributed by atoms with E-state index < -0.39 is 0 Å². The van der Waals surface area contributed by atoms with Gasteiger partial charge in [0, 0.05) is 26.2 Å². The van der Waals surface area contributed by atoms with Crippen molar-refractivity contribution in [2.75, 3.05) is 36.8 Å². The molecule has 1 aromatic heterocycles. The highest BCUT2D eigenvalue weighted by molar-refractivity contribution is 7.18. The molecule has 6 heteroatoms. The Kier molecular flexibility index (Phi) is 5.23. The van der Waals surface area contributed by atoms with Crippen molar-refractivity contribution < 1.29 is 4.79 Å². The fourth-order valence-corrected chi connectivity index (χ4v) is 3.60. The number of nitrogen functional groups attached to an aromatic ring is 1. The molecule has 1 fully saturated rings. The number of carbonyl (C=O) groups is 1. The zero-order chi connectivity index (χ0) is 14.5. The quantitative estimate of drug-likeness (QED) is 0.927. The Labute approximate surface area is 124 Å². The molecule has 0 aromatic carbocycles. The fraction of sp³-hybridized carbons (Fsp3) is 0.714. The molecule has 1 aliphatic rings. The van der Waals surface area contributed by atoms with Gasteiger partial charge in [-0.2, -0.15) is 0 Å². The number of amides is 1. The second kappa shape index (κ2) is 6.92. The molecule has 112 valence electrons. The van der Waals surface area contributed by atoms with Gasteiger partial charge in [0.2, 0.25) is 0 Å². The van der Waals surface area contributed by atoms with E-state index in [0.717, 1.165) is 44.2 Å². The molecular formula is C14H24N4OS. The molecule has 0 spiro atoms. The first-order valence-electron chi connectivity index (χ1n) is 7.47. The van der Waals surface area contributed by atoms with Gasteiger partial charge in [0.25, 0.3) is 5.91 Å². The van der Waals surface area contributed by atoms with E-state index in [-0.39, 0.29) is 5.91 Å². The Bertz CT molecular complexity index is 448. The Balaban J connectivity index is 2.16. The maximum Gasteiger partial charge on any atom is 0.267 e. The first-order valence-corrected chi connectivity index (χ1v) is 8.29. The zero-order valence-electron chi connectivity index (χ0n) is 12.4. The van der Waals surface area contributed by atoms with Gasteiger partial charge >= 0.3 is 0 Å². The molecule has 0 bridgehead atoms. The standard InChI is InChI=1S/C14H24N4OS/c1-3-17(4-2)14-16-12(15)11(20-14)13(19)18-9-7-5-6-8-10-18/h3-10,15H2,1-2H3. The van der Waals surface area contributed by atoms with Gasteiger partial charge in [0.05, 0.1) is 0 Å². The highest BCUT2D eigenvalue weighted by Gasteiger charge is 2.23. The predicted molar refractivity (Wildman–Crippen MR) is 84.5 cm³/mol. The molecule has 0 aliphatic carbocycles. The van der Waals surface area contributed by atoms with Crippen LogP contribution >= 0.6 is 11.3 Å². The second-order valence-corrected chi connectivity index (χ2v) is 6.07. The SMILES string of the molecule is CCN(CC)c1nc(N)c(C(=O)N2CCCCCC2)s1. The van der Waals surface area contributed by atoms with Gasteiger partial charge in [-0.05, 0) is 26.7 Å². The summed E-state index contributed by atoms with van der Waals surface area (Å²) in [5.41, 5.74) is 5.96. The minimum absolute atomic E-state index is 0.0558. The molecule has 0 saturated carbocycles. The summed E-state index contributed by atoms with van der Waals surface area (Å²) >= 11 is 1.42. The van der Waals surface area contributed by atoms with Crippen LogP contribution in [0.4, 0.5) is 10.9 Å². The summed E-state index contributed by atoms with van der Waals surface area (Å²) in [5.74, 6) is 0.437. The Hall–Kier alpha value is -1.30. The lowest BCUT2D eigenvalue weighted by Crippen LogP contribution is -2.31. The van der Waals surface area contributed by atoms with Gasteiger partial charge in [0.15, 0.2) is 5.13 Å². The maximum absolute atomic E-state index is 12.6. The molecule has 2 heterocycles. The van der Waals surface area contributed by atoms with E-state index in [1.165, 1.54) is 24.2 Å². The molecule has 0 radical (unpaired) electrons. The molecule has 5 nitrogen and oxygen atoms in total. The van der Waals surface area contributed by atoms with E-state index in [0.29, 0.717) is 10.7 Å². The molecule has 2 rings (SSSR count). The smallest absolute Gasteiger partial charge is 0.267 e. The van der Waals surface area contributed by atoms with Crippen LogP contribution in [0.1, 0.15) is 49.2 Å². The van der Waals surface area contributed by atoms with Crippen LogP contribution in [0.25, 0.3) is 0 Å². The average molecular weight is 296 g/mol. The Morgan fingerprint density at radius 1 is 1.25 bits per heavy atom. The number of hydrogen-bond acceptors (Lipinski definition) is 5. The summed E-state index contributed by atoms with van der Waals surface area (Å²) in [4.78, 5) is 21.6. The molecular weight excluding hydrogens is 272 g/mol. The van der Waals surface area contributed by atoms with E-state index in [1.54, 1.807) is 0 Å². The molecule has 0 unspecified atom stereocenters. The number of carbonyl (C=O) groups excluding carboxylic acids is 1. The predicted octanol–water partition coefficient (Wildman–Crippen LogP) is 2.59. The number of likely N-dealkylation sites (tertiary alicyclic amines) is 1. The van der Waals surface area contributed by atoms with Crippen LogP contribution in [0, 0.1) is 0 Å². The van der Waals surface area contributed by atoms with Gasteiger partial charge in [0.1, 0.15) is 10.7 Å². The lowest BCUT2D eigenvalue weighted by molar-refractivity contribution is 0.0767. The van der Waals surface area contributed by atoms with Crippen molar-refractivity contribution in [1.29, 1.82) is 0 Å². The number of nitrogens with zero attached hydrogens (tertiary/aromatic N) is 3. The summed E-state index contributed by atoms with van der Waals surface area (Å²) in [6.45, 7) is 7.60. The van der Waals surface area contributed by atoms with Gasteiger partial charge in [-0.3, -0.25) is 4.79 Å². The van der Waals surface area contributed by atoms with Gasteiger partial charge in [-0.1, -0.05) is 24.2 Å². The van der Waals surface area contributed by atoms with E-state index in [9.17, 15) is 4.79 Å². The van der Waals surface area contributed by atoms with Crippen molar-refractivity contribution in [3.8, 4) is 0 Å². The van der Waals surface area contributed by atoms with Crippen molar-refractivity contribution in [2.24, 2.45) is 0 Å². The van der Waals surface area contributed by atoms with Crippen LogP contribution in [-0.4, -0.2) is 42.0 Å². The number of thiazole rings is 1. The van der Waals surface area contributed by atoms with E-state index >= 15 is 0 Å². The highest BCUT2D eigenvalue weighted by atomic mass is 32.1. The Morgan fingerprint density at radius 3 is 2.40 bits per heavy atom. The van der Waals surface area contributed by atoms with Crippen molar-refractivity contribution in [3.05, 3.63) is 4.88 Å². The maximum atomic E-state index is 12.6. The van der Waals surface area contributed by atoms with E-state index in [2.05, 4.69) is 23.7 Å². The summed E-state index contributed by atoms with van der Waals surface area (Å²) < 4.78 is 0. The minimum atomic E-state index is 0.0558. The van der Waals surface area contributed by atoms with Gasteiger partial charge in [-0.15, -0.1) is 0 Å².